The monoisotopic (exact) mass is 476 g/mol. The van der Waals surface area contributed by atoms with Gasteiger partial charge in [0.1, 0.15) is 12.4 Å². The molecule has 0 atom stereocenters. The van der Waals surface area contributed by atoms with Crippen LogP contribution in [0.4, 0.5) is 14.9 Å². The van der Waals surface area contributed by atoms with E-state index in [9.17, 15) is 23.9 Å². The number of likely N-dealkylation sites (tertiary alicyclic amines) is 1. The Morgan fingerprint density at radius 2 is 1.60 bits per heavy atom. The maximum absolute atomic E-state index is 14.6. The molecule has 3 aromatic rings. The van der Waals surface area contributed by atoms with E-state index in [-0.39, 0.29) is 23.8 Å². The Morgan fingerprint density at radius 3 is 2.17 bits per heavy atom. The van der Waals surface area contributed by atoms with Crippen LogP contribution in [0.5, 0.6) is 0 Å². The van der Waals surface area contributed by atoms with Gasteiger partial charge < -0.3 is 19.8 Å². The number of fused-ring (bicyclic) bond motifs is 3. The number of carbonyl (C=O) groups excluding carboxylic acids is 2. The molecule has 8 nitrogen and oxygen atoms in total. The standard InChI is InChI=1S/C26H21FN2O6/c27-22-11-15(9-10-20(22)23(30)29-13-26(34,14-29)24(31)32)28-25(33)35-12-21-18-7-3-1-5-16(18)17-6-2-4-8-19(17)21/h1-11,21,34H,12-14H2,(H,28,33)(H,31,32). The zero-order valence-electron chi connectivity index (χ0n) is 18.4. The third-order valence-corrected chi connectivity index (χ3v) is 6.38. The normalized spacial score (nSPS) is 15.5. The fourth-order valence-electron chi connectivity index (χ4n) is 4.55. The van der Waals surface area contributed by atoms with E-state index in [1.54, 1.807) is 0 Å². The molecule has 0 radical (unpaired) electrons. The molecule has 0 bridgehead atoms. The molecular weight excluding hydrogens is 455 g/mol. The average Bonchev–Trinajstić information content (AvgIpc) is 3.14. The molecule has 35 heavy (non-hydrogen) atoms. The van der Waals surface area contributed by atoms with Crippen molar-refractivity contribution in [1.29, 1.82) is 0 Å². The molecule has 0 saturated carbocycles. The molecule has 0 unspecified atom stereocenters. The highest BCUT2D eigenvalue weighted by molar-refractivity contribution is 5.97. The summed E-state index contributed by atoms with van der Waals surface area (Å²) in [6.45, 7) is -0.763. The molecule has 3 aromatic carbocycles. The van der Waals surface area contributed by atoms with E-state index in [2.05, 4.69) is 5.32 Å². The van der Waals surface area contributed by atoms with E-state index in [0.29, 0.717) is 0 Å². The zero-order valence-corrected chi connectivity index (χ0v) is 18.4. The van der Waals surface area contributed by atoms with Gasteiger partial charge in [0.05, 0.1) is 18.7 Å². The number of aliphatic hydroxyl groups is 1. The minimum Gasteiger partial charge on any atom is -0.479 e. The first-order chi connectivity index (χ1) is 16.8. The molecule has 1 aliphatic heterocycles. The van der Waals surface area contributed by atoms with E-state index in [1.807, 2.05) is 48.5 Å². The van der Waals surface area contributed by atoms with Crippen LogP contribution < -0.4 is 5.32 Å². The Morgan fingerprint density at radius 1 is 1.00 bits per heavy atom. The summed E-state index contributed by atoms with van der Waals surface area (Å²) >= 11 is 0. The van der Waals surface area contributed by atoms with E-state index < -0.39 is 42.5 Å². The number of carboxylic acid groups (broad SMARTS) is 1. The summed E-state index contributed by atoms with van der Waals surface area (Å²) in [5.41, 5.74) is 2.12. The highest BCUT2D eigenvalue weighted by Crippen LogP contribution is 2.44. The Bertz CT molecular complexity index is 1310. The van der Waals surface area contributed by atoms with Gasteiger partial charge in [0.2, 0.25) is 0 Å². The largest absolute Gasteiger partial charge is 0.479 e. The van der Waals surface area contributed by atoms with Crippen molar-refractivity contribution in [3.8, 4) is 11.1 Å². The number of carbonyl (C=O) groups is 3. The molecule has 1 heterocycles. The van der Waals surface area contributed by atoms with Crippen molar-refractivity contribution in [3.05, 3.63) is 89.2 Å². The van der Waals surface area contributed by atoms with Crippen molar-refractivity contribution in [2.24, 2.45) is 0 Å². The van der Waals surface area contributed by atoms with Gasteiger partial charge >= 0.3 is 12.1 Å². The van der Waals surface area contributed by atoms with Crippen molar-refractivity contribution in [3.63, 3.8) is 0 Å². The van der Waals surface area contributed by atoms with Crippen molar-refractivity contribution in [2.75, 3.05) is 25.0 Å². The second-order valence-corrected chi connectivity index (χ2v) is 8.64. The second kappa shape index (κ2) is 8.52. The molecule has 2 aliphatic rings. The maximum atomic E-state index is 14.6. The van der Waals surface area contributed by atoms with Crippen LogP contribution >= 0.6 is 0 Å². The number of nitrogens with one attached hydrogen (secondary N) is 1. The van der Waals surface area contributed by atoms with Crippen molar-refractivity contribution in [2.45, 2.75) is 11.5 Å². The summed E-state index contributed by atoms with van der Waals surface area (Å²) < 4.78 is 20.0. The van der Waals surface area contributed by atoms with E-state index in [1.165, 1.54) is 12.1 Å². The van der Waals surface area contributed by atoms with Crippen molar-refractivity contribution >= 4 is 23.7 Å². The molecule has 0 spiro atoms. The predicted molar refractivity (Wildman–Crippen MR) is 124 cm³/mol. The van der Waals surface area contributed by atoms with Gasteiger partial charge in [-0.25, -0.2) is 14.0 Å². The third-order valence-electron chi connectivity index (χ3n) is 6.38. The Hall–Kier alpha value is -4.24. The van der Waals surface area contributed by atoms with Gasteiger partial charge in [-0.3, -0.25) is 10.1 Å². The minimum absolute atomic E-state index is 0.0976. The molecule has 5 rings (SSSR count). The van der Waals surface area contributed by atoms with Crippen LogP contribution in [0.15, 0.2) is 66.7 Å². The van der Waals surface area contributed by atoms with Gasteiger partial charge in [-0.1, -0.05) is 48.5 Å². The smallest absolute Gasteiger partial charge is 0.411 e. The number of anilines is 1. The third kappa shape index (κ3) is 4.00. The molecule has 9 heteroatoms. The van der Waals surface area contributed by atoms with Crippen LogP contribution in [0.3, 0.4) is 0 Å². The topological polar surface area (TPSA) is 116 Å². The molecule has 178 valence electrons. The lowest BCUT2D eigenvalue weighted by molar-refractivity contribution is -0.173. The quantitative estimate of drug-likeness (QED) is 0.520. The predicted octanol–water partition coefficient (Wildman–Crippen LogP) is 3.46. The van der Waals surface area contributed by atoms with Crippen molar-refractivity contribution < 1.29 is 33.7 Å². The number of amides is 2. The molecule has 1 aliphatic carbocycles. The Balaban J connectivity index is 1.22. The minimum atomic E-state index is -2.02. The van der Waals surface area contributed by atoms with Gasteiger partial charge in [0.15, 0.2) is 5.60 Å². The van der Waals surface area contributed by atoms with E-state index in [0.717, 1.165) is 33.2 Å². The van der Waals surface area contributed by atoms with Gasteiger partial charge in [-0.05, 0) is 40.5 Å². The Labute approximate surface area is 199 Å². The number of hydrogen-bond donors (Lipinski definition) is 3. The number of rotatable bonds is 5. The second-order valence-electron chi connectivity index (χ2n) is 8.64. The molecule has 3 N–H and O–H groups in total. The highest BCUT2D eigenvalue weighted by atomic mass is 19.1. The summed E-state index contributed by atoms with van der Waals surface area (Å²) in [6, 6.07) is 19.4. The number of halogens is 1. The van der Waals surface area contributed by atoms with Crippen LogP contribution in [-0.4, -0.2) is 58.4 Å². The fourth-order valence-corrected chi connectivity index (χ4v) is 4.55. The first-order valence-electron chi connectivity index (χ1n) is 10.9. The molecule has 1 fully saturated rings. The van der Waals surface area contributed by atoms with Crippen LogP contribution in [0.2, 0.25) is 0 Å². The van der Waals surface area contributed by atoms with Gasteiger partial charge in [0, 0.05) is 11.6 Å². The number of aliphatic carboxylic acids is 1. The number of carboxylic acids is 1. The number of benzene rings is 3. The van der Waals surface area contributed by atoms with Gasteiger partial charge in [-0.15, -0.1) is 0 Å². The summed E-state index contributed by atoms with van der Waals surface area (Å²) in [6.07, 6.45) is -0.764. The maximum Gasteiger partial charge on any atom is 0.411 e. The number of hydrogen-bond acceptors (Lipinski definition) is 5. The number of β-amino-alcohol motifs (C(OH)–C–C–N with tert-alkyl or cyclic N) is 1. The molecular formula is C26H21FN2O6. The lowest BCUT2D eigenvalue weighted by Crippen LogP contribution is -2.67. The molecule has 1 saturated heterocycles. The van der Waals surface area contributed by atoms with Gasteiger partial charge in [0.25, 0.3) is 5.91 Å². The van der Waals surface area contributed by atoms with Crippen LogP contribution in [-0.2, 0) is 9.53 Å². The fraction of sp³-hybridized carbons (Fsp3) is 0.192. The SMILES string of the molecule is O=C(Nc1ccc(C(=O)N2CC(O)(C(=O)O)C2)c(F)c1)OCC1c2ccccc2-c2ccccc21. The van der Waals surface area contributed by atoms with E-state index in [4.69, 9.17) is 9.84 Å². The zero-order chi connectivity index (χ0) is 24.7. The lowest BCUT2D eigenvalue weighted by atomic mass is 9.93. The summed E-state index contributed by atoms with van der Waals surface area (Å²) in [5, 5.41) is 21.2. The first-order valence-corrected chi connectivity index (χ1v) is 10.9. The van der Waals surface area contributed by atoms with Crippen LogP contribution in [0.25, 0.3) is 11.1 Å². The average molecular weight is 476 g/mol. The highest BCUT2D eigenvalue weighted by Gasteiger charge is 2.50. The summed E-state index contributed by atoms with van der Waals surface area (Å²) in [5.74, 6) is -3.20. The lowest BCUT2D eigenvalue weighted by Gasteiger charge is -2.43. The molecule has 2 amide bonds. The van der Waals surface area contributed by atoms with Crippen LogP contribution in [0.1, 0.15) is 27.4 Å². The molecule has 0 aromatic heterocycles. The summed E-state index contributed by atoms with van der Waals surface area (Å²) in [4.78, 5) is 36.8. The van der Waals surface area contributed by atoms with Crippen molar-refractivity contribution in [1.82, 2.24) is 4.90 Å². The summed E-state index contributed by atoms with van der Waals surface area (Å²) in [7, 11) is 0. The first kappa shape index (κ1) is 22.5. The van der Waals surface area contributed by atoms with E-state index >= 15 is 0 Å². The number of ether oxygens (including phenoxy) is 1. The van der Waals surface area contributed by atoms with Gasteiger partial charge in [-0.2, -0.15) is 0 Å². The Kier molecular flexibility index (Phi) is 5.49. The van der Waals surface area contributed by atoms with Crippen LogP contribution in [0, 0.1) is 5.82 Å². The number of nitrogens with zero attached hydrogens (tertiary/aromatic N) is 1.